The molecule has 1 aromatic heterocycles. The minimum absolute atomic E-state index is 0.155. The molecule has 6 heteroatoms. The molecule has 0 aliphatic rings. The zero-order valence-corrected chi connectivity index (χ0v) is 13.7. The third kappa shape index (κ3) is 3.58. The number of para-hydroxylation sites is 1. The predicted octanol–water partition coefficient (Wildman–Crippen LogP) is 4.89. The topological polar surface area (TPSA) is 39.2 Å². The van der Waals surface area contributed by atoms with Gasteiger partial charge in [0.2, 0.25) is 0 Å². The number of aromatic nitrogens is 1. The summed E-state index contributed by atoms with van der Waals surface area (Å²) in [6.07, 6.45) is 0.155. The summed E-state index contributed by atoms with van der Waals surface area (Å²) in [5, 5.41) is 1.68. The van der Waals surface area contributed by atoms with Gasteiger partial charge >= 0.3 is 5.97 Å². The average Bonchev–Trinajstić information content (AvgIpc) is 2.92. The first kappa shape index (κ1) is 15.3. The van der Waals surface area contributed by atoms with Gasteiger partial charge in [0, 0.05) is 0 Å². The molecular weight excluding hydrogens is 341 g/mol. The van der Waals surface area contributed by atoms with E-state index in [2.05, 4.69) is 4.98 Å². The Morgan fingerprint density at radius 1 is 1.14 bits per heavy atom. The third-order valence-electron chi connectivity index (χ3n) is 3.03. The summed E-state index contributed by atoms with van der Waals surface area (Å²) in [7, 11) is 0. The zero-order valence-electron chi connectivity index (χ0n) is 11.4. The van der Waals surface area contributed by atoms with Crippen molar-refractivity contribution in [2.75, 3.05) is 0 Å². The number of carbonyl (C=O) groups excluding carboxylic acids is 1. The summed E-state index contributed by atoms with van der Waals surface area (Å²) in [6.45, 7) is 0.180. The van der Waals surface area contributed by atoms with Gasteiger partial charge in [-0.25, -0.2) is 4.98 Å². The fourth-order valence-electron chi connectivity index (χ4n) is 1.99. The Labute approximate surface area is 141 Å². The van der Waals surface area contributed by atoms with E-state index in [4.69, 9.17) is 27.9 Å². The molecule has 22 heavy (non-hydrogen) atoms. The van der Waals surface area contributed by atoms with Crippen molar-refractivity contribution in [1.29, 1.82) is 0 Å². The summed E-state index contributed by atoms with van der Waals surface area (Å²) in [5.41, 5.74) is 1.69. The van der Waals surface area contributed by atoms with Crippen LogP contribution < -0.4 is 0 Å². The van der Waals surface area contributed by atoms with E-state index >= 15 is 0 Å². The van der Waals surface area contributed by atoms with Gasteiger partial charge in [-0.2, -0.15) is 0 Å². The van der Waals surface area contributed by atoms with Crippen molar-refractivity contribution in [2.45, 2.75) is 13.0 Å². The molecule has 112 valence electrons. The maximum Gasteiger partial charge on any atom is 0.310 e. The van der Waals surface area contributed by atoms with Gasteiger partial charge in [-0.1, -0.05) is 41.4 Å². The number of nitrogens with zero attached hydrogens (tertiary/aromatic N) is 1. The number of thiazole rings is 1. The van der Waals surface area contributed by atoms with Crippen molar-refractivity contribution in [3.63, 3.8) is 0 Å². The van der Waals surface area contributed by atoms with E-state index in [0.717, 1.165) is 20.8 Å². The first-order chi connectivity index (χ1) is 10.6. The van der Waals surface area contributed by atoms with Crippen molar-refractivity contribution in [3.05, 3.63) is 63.1 Å². The lowest BCUT2D eigenvalue weighted by Gasteiger charge is -2.04. The van der Waals surface area contributed by atoms with E-state index < -0.39 is 0 Å². The lowest BCUT2D eigenvalue weighted by molar-refractivity contribution is -0.144. The lowest BCUT2D eigenvalue weighted by Crippen LogP contribution is -2.07. The highest BCUT2D eigenvalue weighted by atomic mass is 35.5. The molecule has 0 atom stereocenters. The average molecular weight is 352 g/mol. The summed E-state index contributed by atoms with van der Waals surface area (Å²) in [4.78, 5) is 16.3. The standard InChI is InChI=1S/C16H11Cl2NO2S/c17-11-6-5-10(7-12(11)18)8-16(20)21-9-15-19-13-3-1-2-4-14(13)22-15/h1-7H,8-9H2. The molecule has 3 rings (SSSR count). The van der Waals surface area contributed by atoms with Crippen LogP contribution in [0.15, 0.2) is 42.5 Å². The van der Waals surface area contributed by atoms with Gasteiger partial charge in [0.15, 0.2) is 0 Å². The van der Waals surface area contributed by atoms with Crippen molar-refractivity contribution >= 4 is 50.7 Å². The highest BCUT2D eigenvalue weighted by Crippen LogP contribution is 2.24. The lowest BCUT2D eigenvalue weighted by atomic mass is 10.1. The molecule has 3 nitrogen and oxygen atoms in total. The molecule has 0 aliphatic carbocycles. The Kier molecular flexibility index (Phi) is 4.62. The molecule has 0 aliphatic heterocycles. The summed E-state index contributed by atoms with van der Waals surface area (Å²) in [5.74, 6) is -0.322. The van der Waals surface area contributed by atoms with Gasteiger partial charge in [-0.15, -0.1) is 11.3 Å². The van der Waals surface area contributed by atoms with Gasteiger partial charge in [-0.05, 0) is 29.8 Å². The molecule has 0 radical (unpaired) electrons. The molecule has 3 aromatic rings. The number of benzene rings is 2. The first-order valence-corrected chi connectivity index (χ1v) is 8.13. The smallest absolute Gasteiger partial charge is 0.310 e. The van der Waals surface area contributed by atoms with Crippen LogP contribution in [-0.2, 0) is 22.6 Å². The maximum atomic E-state index is 11.9. The SMILES string of the molecule is O=C(Cc1ccc(Cl)c(Cl)c1)OCc1nc2ccccc2s1. The summed E-state index contributed by atoms with van der Waals surface area (Å²) >= 11 is 13.3. The second-order valence-electron chi connectivity index (χ2n) is 4.66. The molecule has 0 unspecified atom stereocenters. The van der Waals surface area contributed by atoms with E-state index in [-0.39, 0.29) is 19.0 Å². The van der Waals surface area contributed by atoms with Gasteiger partial charge in [0.25, 0.3) is 0 Å². The van der Waals surface area contributed by atoms with Gasteiger partial charge < -0.3 is 4.74 Å². The van der Waals surface area contributed by atoms with E-state index in [0.29, 0.717) is 10.0 Å². The summed E-state index contributed by atoms with van der Waals surface area (Å²) < 4.78 is 6.35. The molecule has 1 heterocycles. The summed E-state index contributed by atoms with van der Waals surface area (Å²) in [6, 6.07) is 12.9. The van der Waals surface area contributed by atoms with Crippen LogP contribution in [0.2, 0.25) is 10.0 Å². The highest BCUT2D eigenvalue weighted by molar-refractivity contribution is 7.18. The fourth-order valence-corrected chi connectivity index (χ4v) is 3.19. The Hall–Kier alpha value is -1.62. The monoisotopic (exact) mass is 351 g/mol. The normalized spacial score (nSPS) is 10.8. The Balaban J connectivity index is 1.60. The Morgan fingerprint density at radius 3 is 2.73 bits per heavy atom. The van der Waals surface area contributed by atoms with Crippen LogP contribution in [0.1, 0.15) is 10.6 Å². The van der Waals surface area contributed by atoms with E-state index in [9.17, 15) is 4.79 Å². The van der Waals surface area contributed by atoms with Crippen LogP contribution in [0, 0.1) is 0 Å². The number of hydrogen-bond donors (Lipinski definition) is 0. The minimum Gasteiger partial charge on any atom is -0.458 e. The van der Waals surface area contributed by atoms with Crippen LogP contribution in [0.4, 0.5) is 0 Å². The van der Waals surface area contributed by atoms with Gasteiger partial charge in [-0.3, -0.25) is 4.79 Å². The number of ether oxygens (including phenoxy) is 1. The predicted molar refractivity (Wildman–Crippen MR) is 89.6 cm³/mol. The molecule has 0 N–H and O–H groups in total. The van der Waals surface area contributed by atoms with Crippen molar-refractivity contribution in [3.8, 4) is 0 Å². The third-order valence-corrected chi connectivity index (χ3v) is 4.78. The van der Waals surface area contributed by atoms with Crippen molar-refractivity contribution in [2.24, 2.45) is 0 Å². The highest BCUT2D eigenvalue weighted by Gasteiger charge is 2.09. The number of fused-ring (bicyclic) bond motifs is 1. The first-order valence-electron chi connectivity index (χ1n) is 6.56. The number of hydrogen-bond acceptors (Lipinski definition) is 4. The molecule has 0 bridgehead atoms. The van der Waals surface area contributed by atoms with Gasteiger partial charge in [0.1, 0.15) is 11.6 Å². The van der Waals surface area contributed by atoms with Crippen LogP contribution >= 0.6 is 34.5 Å². The van der Waals surface area contributed by atoms with Crippen LogP contribution in [-0.4, -0.2) is 11.0 Å². The number of halogens is 2. The van der Waals surface area contributed by atoms with E-state index in [1.807, 2.05) is 24.3 Å². The van der Waals surface area contributed by atoms with E-state index in [1.165, 1.54) is 11.3 Å². The molecule has 0 fully saturated rings. The van der Waals surface area contributed by atoms with Crippen molar-refractivity contribution in [1.82, 2.24) is 4.98 Å². The molecular formula is C16H11Cl2NO2S. The number of rotatable bonds is 4. The molecule has 0 spiro atoms. The molecule has 0 saturated heterocycles. The maximum absolute atomic E-state index is 11.9. The van der Waals surface area contributed by atoms with Crippen LogP contribution in [0.3, 0.4) is 0 Å². The molecule has 0 amide bonds. The second kappa shape index (κ2) is 6.65. The fraction of sp³-hybridized carbons (Fsp3) is 0.125. The second-order valence-corrected chi connectivity index (χ2v) is 6.59. The van der Waals surface area contributed by atoms with Crippen LogP contribution in [0.5, 0.6) is 0 Å². The largest absolute Gasteiger partial charge is 0.458 e. The number of esters is 1. The van der Waals surface area contributed by atoms with Crippen molar-refractivity contribution < 1.29 is 9.53 Å². The van der Waals surface area contributed by atoms with E-state index in [1.54, 1.807) is 18.2 Å². The Morgan fingerprint density at radius 2 is 1.95 bits per heavy atom. The number of carbonyl (C=O) groups is 1. The van der Waals surface area contributed by atoms with Gasteiger partial charge in [0.05, 0.1) is 26.7 Å². The Bertz CT molecular complexity index is 799. The minimum atomic E-state index is -0.322. The quantitative estimate of drug-likeness (QED) is 0.628. The van der Waals surface area contributed by atoms with Crippen LogP contribution in [0.25, 0.3) is 10.2 Å². The molecule has 0 saturated carbocycles. The zero-order chi connectivity index (χ0) is 15.5. The molecule has 2 aromatic carbocycles.